The third-order valence-electron chi connectivity index (χ3n) is 7.53. The molecule has 0 aromatic carbocycles. The van der Waals surface area contributed by atoms with Crippen molar-refractivity contribution in [2.75, 3.05) is 32.2 Å². The molecule has 0 aliphatic carbocycles. The second-order valence-electron chi connectivity index (χ2n) is 10.9. The van der Waals surface area contributed by atoms with E-state index < -0.39 is 0 Å². The van der Waals surface area contributed by atoms with Crippen LogP contribution in [0.15, 0.2) is 11.6 Å². The molecule has 2 unspecified atom stereocenters. The Morgan fingerprint density at radius 1 is 0.917 bits per heavy atom. The molecule has 2 rings (SSSR count). The Labute approximate surface area is 226 Å². The highest BCUT2D eigenvalue weighted by Crippen LogP contribution is 2.25. The number of rotatable bonds is 23. The zero-order valence-corrected chi connectivity index (χ0v) is 24.2. The maximum Gasteiger partial charge on any atom is 0.407 e. The predicted octanol–water partition coefficient (Wildman–Crippen LogP) is 8.64. The Kier molecular flexibility index (Phi) is 19.3. The summed E-state index contributed by atoms with van der Waals surface area (Å²) in [7, 11) is 0. The minimum atomic E-state index is -0.298. The molecule has 36 heavy (non-hydrogen) atoms. The van der Waals surface area contributed by atoms with E-state index in [9.17, 15) is 4.79 Å². The average molecular weight is 525 g/mol. The second kappa shape index (κ2) is 22.1. The van der Waals surface area contributed by atoms with Crippen molar-refractivity contribution in [1.29, 1.82) is 0 Å². The van der Waals surface area contributed by atoms with E-state index in [1.165, 1.54) is 96.3 Å². The Bertz CT molecular complexity index is 560. The molecule has 2 aliphatic rings. The third kappa shape index (κ3) is 16.8. The van der Waals surface area contributed by atoms with E-state index in [1.807, 2.05) is 11.8 Å². The largest absolute Gasteiger partial charge is 0.447 e. The Hall–Kier alpha value is -0.880. The summed E-state index contributed by atoms with van der Waals surface area (Å²) in [5, 5.41) is 5.03. The first-order valence-electron chi connectivity index (χ1n) is 15.3. The van der Waals surface area contributed by atoms with Crippen LogP contribution in [0.2, 0.25) is 0 Å². The van der Waals surface area contributed by atoms with E-state index in [-0.39, 0.29) is 12.2 Å². The number of alkyl carbamates (subject to hydrolysis) is 1. The summed E-state index contributed by atoms with van der Waals surface area (Å²) in [6.07, 6.45) is 27.2. The van der Waals surface area contributed by atoms with Crippen LogP contribution in [0.3, 0.4) is 0 Å². The first-order chi connectivity index (χ1) is 17.8. The molecule has 1 amide bonds. The Morgan fingerprint density at radius 2 is 1.56 bits per heavy atom. The molecule has 2 aliphatic heterocycles. The molecule has 5 nitrogen and oxygen atoms in total. The van der Waals surface area contributed by atoms with Crippen LogP contribution in [0, 0.1) is 5.92 Å². The standard InChI is InChI=1S/C30H56N2O3S/c1-2-3-4-5-6-7-8-9-10-11-12-13-14-16-19-28-24-29(34-25-28)26-35-30(33)31-20-17-15-18-21-32-22-23-36-27-32/h22-23,28-29H,2-21,24-27H2,1H3,(H,31,33). The molecule has 1 N–H and O–H groups in total. The molecule has 0 aromatic rings. The lowest BCUT2D eigenvalue weighted by molar-refractivity contribution is 0.0426. The molecule has 210 valence electrons. The van der Waals surface area contributed by atoms with E-state index >= 15 is 0 Å². The molecule has 2 heterocycles. The third-order valence-corrected chi connectivity index (χ3v) is 8.32. The van der Waals surface area contributed by atoms with Crippen LogP contribution in [0.4, 0.5) is 4.79 Å². The van der Waals surface area contributed by atoms with Gasteiger partial charge in [0.05, 0.1) is 18.6 Å². The van der Waals surface area contributed by atoms with Crippen molar-refractivity contribution in [2.24, 2.45) is 5.92 Å². The van der Waals surface area contributed by atoms with Gasteiger partial charge in [0.15, 0.2) is 0 Å². The van der Waals surface area contributed by atoms with Crippen LogP contribution in [-0.4, -0.2) is 49.3 Å². The number of unbranched alkanes of at least 4 members (excludes halogenated alkanes) is 15. The number of ether oxygens (including phenoxy) is 2. The quantitative estimate of drug-likeness (QED) is 0.136. The highest BCUT2D eigenvalue weighted by molar-refractivity contribution is 8.02. The van der Waals surface area contributed by atoms with Crippen molar-refractivity contribution in [3.63, 3.8) is 0 Å². The number of nitrogens with one attached hydrogen (secondary N) is 1. The molecule has 0 spiro atoms. The van der Waals surface area contributed by atoms with Gasteiger partial charge in [0.2, 0.25) is 0 Å². The lowest BCUT2D eigenvalue weighted by Gasteiger charge is -2.14. The van der Waals surface area contributed by atoms with Crippen molar-refractivity contribution >= 4 is 17.9 Å². The molecular formula is C30H56N2O3S. The first kappa shape index (κ1) is 31.3. The minimum absolute atomic E-state index is 0.0822. The summed E-state index contributed by atoms with van der Waals surface area (Å²) in [6.45, 7) is 5.30. The van der Waals surface area contributed by atoms with Gasteiger partial charge < -0.3 is 19.7 Å². The van der Waals surface area contributed by atoms with Crippen LogP contribution < -0.4 is 5.32 Å². The smallest absolute Gasteiger partial charge is 0.407 e. The SMILES string of the molecule is CCCCCCCCCCCCCCCCC1COC(COC(=O)NCCCCCN2C=CSC2)C1. The molecule has 0 aromatic heterocycles. The van der Waals surface area contributed by atoms with Gasteiger partial charge in [-0.05, 0) is 43.4 Å². The summed E-state index contributed by atoms with van der Waals surface area (Å²) >= 11 is 1.84. The molecule has 0 saturated carbocycles. The average Bonchev–Trinajstić information content (AvgIpc) is 3.57. The van der Waals surface area contributed by atoms with Crippen molar-refractivity contribution in [3.8, 4) is 0 Å². The monoisotopic (exact) mass is 524 g/mol. The van der Waals surface area contributed by atoms with Gasteiger partial charge in [-0.15, -0.1) is 11.8 Å². The van der Waals surface area contributed by atoms with E-state index in [1.54, 1.807) is 0 Å². The van der Waals surface area contributed by atoms with Crippen LogP contribution in [0.1, 0.15) is 129 Å². The molecule has 1 fully saturated rings. The fourth-order valence-corrected chi connectivity index (χ4v) is 5.95. The lowest BCUT2D eigenvalue weighted by Crippen LogP contribution is -2.28. The fraction of sp³-hybridized carbons (Fsp3) is 0.900. The van der Waals surface area contributed by atoms with E-state index in [2.05, 4.69) is 28.7 Å². The van der Waals surface area contributed by atoms with Gasteiger partial charge in [0, 0.05) is 19.3 Å². The number of hydrogen-bond acceptors (Lipinski definition) is 5. The maximum atomic E-state index is 11.9. The van der Waals surface area contributed by atoms with Crippen LogP contribution in [0.25, 0.3) is 0 Å². The zero-order chi connectivity index (χ0) is 25.5. The van der Waals surface area contributed by atoms with Crippen LogP contribution in [-0.2, 0) is 9.47 Å². The van der Waals surface area contributed by atoms with Gasteiger partial charge >= 0.3 is 6.09 Å². The zero-order valence-electron chi connectivity index (χ0n) is 23.4. The van der Waals surface area contributed by atoms with Crippen LogP contribution >= 0.6 is 11.8 Å². The number of amides is 1. The number of thioether (sulfide) groups is 1. The molecule has 2 atom stereocenters. The van der Waals surface area contributed by atoms with Gasteiger partial charge in [-0.1, -0.05) is 96.8 Å². The molecule has 0 radical (unpaired) electrons. The van der Waals surface area contributed by atoms with Crippen molar-refractivity contribution < 1.29 is 14.3 Å². The number of carbonyl (C=O) groups excluding carboxylic acids is 1. The van der Waals surface area contributed by atoms with Crippen LogP contribution in [0.5, 0.6) is 0 Å². The first-order valence-corrected chi connectivity index (χ1v) is 16.4. The Balaban J connectivity index is 1.29. The van der Waals surface area contributed by atoms with E-state index in [0.717, 1.165) is 44.7 Å². The van der Waals surface area contributed by atoms with E-state index in [4.69, 9.17) is 9.47 Å². The predicted molar refractivity (Wildman–Crippen MR) is 154 cm³/mol. The van der Waals surface area contributed by atoms with Crippen molar-refractivity contribution in [1.82, 2.24) is 10.2 Å². The van der Waals surface area contributed by atoms with Gasteiger partial charge in [-0.2, -0.15) is 0 Å². The highest BCUT2D eigenvalue weighted by Gasteiger charge is 2.26. The summed E-state index contributed by atoms with van der Waals surface area (Å²) in [5.74, 6) is 1.72. The maximum absolute atomic E-state index is 11.9. The molecular weight excluding hydrogens is 468 g/mol. The van der Waals surface area contributed by atoms with Crippen molar-refractivity contribution in [3.05, 3.63) is 11.6 Å². The second-order valence-corrected chi connectivity index (χ2v) is 11.8. The molecule has 0 bridgehead atoms. The van der Waals surface area contributed by atoms with E-state index in [0.29, 0.717) is 19.1 Å². The topological polar surface area (TPSA) is 50.8 Å². The van der Waals surface area contributed by atoms with Crippen molar-refractivity contribution in [2.45, 2.75) is 135 Å². The fourth-order valence-electron chi connectivity index (χ4n) is 5.20. The number of hydrogen-bond donors (Lipinski definition) is 1. The van der Waals surface area contributed by atoms with Gasteiger partial charge in [0.1, 0.15) is 6.61 Å². The lowest BCUT2D eigenvalue weighted by atomic mass is 9.97. The minimum Gasteiger partial charge on any atom is -0.447 e. The van der Waals surface area contributed by atoms with Gasteiger partial charge in [-0.25, -0.2) is 4.79 Å². The summed E-state index contributed by atoms with van der Waals surface area (Å²) in [4.78, 5) is 14.3. The number of nitrogens with zero attached hydrogens (tertiary/aromatic N) is 1. The summed E-state index contributed by atoms with van der Waals surface area (Å²) in [6, 6.07) is 0. The summed E-state index contributed by atoms with van der Waals surface area (Å²) < 4.78 is 11.3. The Morgan fingerprint density at radius 3 is 2.19 bits per heavy atom. The number of carbonyl (C=O) groups is 1. The highest BCUT2D eigenvalue weighted by atomic mass is 32.2. The summed E-state index contributed by atoms with van der Waals surface area (Å²) in [5.41, 5.74) is 0. The molecule has 1 saturated heterocycles. The molecule has 6 heteroatoms. The normalized spacial score (nSPS) is 19.3. The van der Waals surface area contributed by atoms with Gasteiger partial charge in [-0.3, -0.25) is 0 Å². The van der Waals surface area contributed by atoms with Gasteiger partial charge in [0.25, 0.3) is 0 Å².